The van der Waals surface area contributed by atoms with E-state index in [9.17, 15) is 9.18 Å². The fourth-order valence-corrected chi connectivity index (χ4v) is 4.02. The number of nitrogens with one attached hydrogen (secondary N) is 1. The van der Waals surface area contributed by atoms with E-state index in [-0.39, 0.29) is 17.1 Å². The van der Waals surface area contributed by atoms with Crippen LogP contribution in [0.1, 0.15) is 31.5 Å². The summed E-state index contributed by atoms with van der Waals surface area (Å²) in [5.74, 6) is -0.293. The van der Waals surface area contributed by atoms with Crippen molar-refractivity contribution in [2.45, 2.75) is 37.4 Å². The maximum atomic E-state index is 13.2. The standard InChI is InChI=1S/C18H22FN3OS/c1-17(2)11-18(17,12-5-7-13(19)8-6-12)15(23)20-9-14-10-21-16(24-4)22(14)3/h5-8,10H,9,11H2,1-4H3,(H,20,23)/t18-/m0/s1. The maximum absolute atomic E-state index is 13.2. The number of thioether (sulfide) groups is 1. The number of amides is 1. The van der Waals surface area contributed by atoms with E-state index in [1.807, 2.05) is 17.9 Å². The SMILES string of the molecule is CSc1ncc(CNC(=O)[C@@]2(c3ccc(F)cc3)CC2(C)C)n1C. The summed E-state index contributed by atoms with van der Waals surface area (Å²) >= 11 is 1.57. The second kappa shape index (κ2) is 5.92. The van der Waals surface area contributed by atoms with Crippen LogP contribution in [-0.4, -0.2) is 21.7 Å². The number of aromatic nitrogens is 2. The zero-order chi connectivity index (χ0) is 17.5. The molecular formula is C18H22FN3OS. The van der Waals surface area contributed by atoms with E-state index in [1.165, 1.54) is 12.1 Å². The van der Waals surface area contributed by atoms with Crippen LogP contribution in [0.25, 0.3) is 0 Å². The van der Waals surface area contributed by atoms with Crippen molar-refractivity contribution < 1.29 is 9.18 Å². The molecule has 0 aliphatic heterocycles. The third-order valence-corrected chi connectivity index (χ3v) is 5.86. The second-order valence-corrected chi connectivity index (χ2v) is 7.72. The first-order valence-electron chi connectivity index (χ1n) is 7.91. The first-order valence-corrected chi connectivity index (χ1v) is 9.13. The molecule has 0 radical (unpaired) electrons. The van der Waals surface area contributed by atoms with Gasteiger partial charge in [0.2, 0.25) is 5.91 Å². The molecule has 0 unspecified atom stereocenters. The molecule has 3 rings (SSSR count). The summed E-state index contributed by atoms with van der Waals surface area (Å²) in [4.78, 5) is 17.3. The molecule has 1 fully saturated rings. The molecular weight excluding hydrogens is 325 g/mol. The minimum absolute atomic E-state index is 0.00832. The average Bonchev–Trinajstić information content (AvgIpc) is 2.96. The molecule has 24 heavy (non-hydrogen) atoms. The number of imidazole rings is 1. The van der Waals surface area contributed by atoms with E-state index in [2.05, 4.69) is 24.1 Å². The van der Waals surface area contributed by atoms with Gasteiger partial charge in [0.1, 0.15) is 5.82 Å². The summed E-state index contributed by atoms with van der Waals surface area (Å²) in [5.41, 5.74) is 1.12. The molecule has 1 N–H and O–H groups in total. The number of carbonyl (C=O) groups excluding carboxylic acids is 1. The van der Waals surface area contributed by atoms with Crippen molar-refractivity contribution in [3.8, 4) is 0 Å². The molecule has 1 amide bonds. The lowest BCUT2D eigenvalue weighted by atomic mass is 9.87. The highest BCUT2D eigenvalue weighted by molar-refractivity contribution is 7.98. The van der Waals surface area contributed by atoms with E-state index in [0.717, 1.165) is 22.8 Å². The smallest absolute Gasteiger partial charge is 0.231 e. The summed E-state index contributed by atoms with van der Waals surface area (Å²) in [6, 6.07) is 6.29. The van der Waals surface area contributed by atoms with Gasteiger partial charge in [-0.3, -0.25) is 4.79 Å². The molecule has 1 atom stereocenters. The first kappa shape index (κ1) is 17.0. The number of benzene rings is 1. The number of carbonyl (C=O) groups is 1. The average molecular weight is 347 g/mol. The van der Waals surface area contributed by atoms with Crippen LogP contribution in [-0.2, 0) is 23.8 Å². The van der Waals surface area contributed by atoms with Crippen LogP contribution in [0.4, 0.5) is 4.39 Å². The van der Waals surface area contributed by atoms with Crippen molar-refractivity contribution in [2.24, 2.45) is 12.5 Å². The Bertz CT molecular complexity index is 769. The van der Waals surface area contributed by atoms with Crippen molar-refractivity contribution >= 4 is 17.7 Å². The summed E-state index contributed by atoms with van der Waals surface area (Å²) < 4.78 is 15.2. The summed E-state index contributed by atoms with van der Waals surface area (Å²) in [6.45, 7) is 4.58. The van der Waals surface area contributed by atoms with Gasteiger partial charge < -0.3 is 9.88 Å². The Hall–Kier alpha value is -1.82. The normalized spacial score (nSPS) is 21.5. The molecule has 1 saturated carbocycles. The number of nitrogens with zero attached hydrogens (tertiary/aromatic N) is 2. The fourth-order valence-electron chi connectivity index (χ4n) is 3.47. The third-order valence-electron chi connectivity index (χ3n) is 5.12. The van der Waals surface area contributed by atoms with Crippen LogP contribution < -0.4 is 5.32 Å². The van der Waals surface area contributed by atoms with Crippen LogP contribution in [0.15, 0.2) is 35.6 Å². The topological polar surface area (TPSA) is 46.9 Å². The molecule has 1 aromatic carbocycles. The summed E-state index contributed by atoms with van der Waals surface area (Å²) in [6.07, 6.45) is 4.52. The Balaban J connectivity index is 1.79. The quantitative estimate of drug-likeness (QED) is 0.845. The zero-order valence-corrected chi connectivity index (χ0v) is 15.2. The van der Waals surface area contributed by atoms with Crippen molar-refractivity contribution in [2.75, 3.05) is 6.26 Å². The van der Waals surface area contributed by atoms with Crippen LogP contribution in [0.5, 0.6) is 0 Å². The Morgan fingerprint density at radius 1 is 1.38 bits per heavy atom. The molecule has 2 aromatic rings. The van der Waals surface area contributed by atoms with Crippen LogP contribution in [0.2, 0.25) is 0 Å². The molecule has 1 aliphatic rings. The zero-order valence-electron chi connectivity index (χ0n) is 14.4. The second-order valence-electron chi connectivity index (χ2n) is 6.95. The predicted molar refractivity (Wildman–Crippen MR) is 93.3 cm³/mol. The van der Waals surface area contributed by atoms with Gasteiger partial charge in [0.15, 0.2) is 5.16 Å². The largest absolute Gasteiger partial charge is 0.350 e. The van der Waals surface area contributed by atoms with Crippen molar-refractivity contribution in [3.63, 3.8) is 0 Å². The number of hydrogen-bond acceptors (Lipinski definition) is 3. The van der Waals surface area contributed by atoms with Gasteiger partial charge >= 0.3 is 0 Å². The van der Waals surface area contributed by atoms with Gasteiger partial charge in [-0.05, 0) is 35.8 Å². The van der Waals surface area contributed by atoms with Gasteiger partial charge in [-0.1, -0.05) is 37.7 Å². The van der Waals surface area contributed by atoms with Crippen molar-refractivity contribution in [1.29, 1.82) is 0 Å². The van der Waals surface area contributed by atoms with Crippen LogP contribution in [0, 0.1) is 11.2 Å². The van der Waals surface area contributed by atoms with Gasteiger partial charge in [-0.2, -0.15) is 0 Å². The van der Waals surface area contributed by atoms with E-state index in [1.54, 1.807) is 30.1 Å². The van der Waals surface area contributed by atoms with Gasteiger partial charge in [-0.15, -0.1) is 0 Å². The highest BCUT2D eigenvalue weighted by atomic mass is 32.2. The van der Waals surface area contributed by atoms with E-state index >= 15 is 0 Å². The summed E-state index contributed by atoms with van der Waals surface area (Å²) in [7, 11) is 1.94. The molecule has 0 spiro atoms. The molecule has 4 nitrogen and oxygen atoms in total. The minimum atomic E-state index is -0.582. The number of hydrogen-bond donors (Lipinski definition) is 1. The van der Waals surface area contributed by atoms with Gasteiger partial charge in [0, 0.05) is 7.05 Å². The Morgan fingerprint density at radius 3 is 2.50 bits per heavy atom. The molecule has 0 saturated heterocycles. The Morgan fingerprint density at radius 2 is 2.00 bits per heavy atom. The lowest BCUT2D eigenvalue weighted by Crippen LogP contribution is -2.37. The maximum Gasteiger partial charge on any atom is 0.231 e. The first-order chi connectivity index (χ1) is 11.3. The third kappa shape index (κ3) is 2.62. The lowest BCUT2D eigenvalue weighted by molar-refractivity contribution is -0.124. The Kier molecular flexibility index (Phi) is 4.20. The van der Waals surface area contributed by atoms with Crippen molar-refractivity contribution in [3.05, 3.63) is 47.5 Å². The monoisotopic (exact) mass is 347 g/mol. The molecule has 1 aliphatic carbocycles. The number of halogens is 1. The minimum Gasteiger partial charge on any atom is -0.350 e. The molecule has 1 aromatic heterocycles. The van der Waals surface area contributed by atoms with E-state index < -0.39 is 5.41 Å². The van der Waals surface area contributed by atoms with Gasteiger partial charge in [0.25, 0.3) is 0 Å². The van der Waals surface area contributed by atoms with E-state index in [4.69, 9.17) is 0 Å². The summed E-state index contributed by atoms with van der Waals surface area (Å²) in [5, 5.41) is 3.96. The highest BCUT2D eigenvalue weighted by Crippen LogP contribution is 2.64. The van der Waals surface area contributed by atoms with E-state index in [0.29, 0.717) is 6.54 Å². The molecule has 0 bridgehead atoms. The van der Waals surface area contributed by atoms with Crippen LogP contribution >= 0.6 is 11.8 Å². The van der Waals surface area contributed by atoms with Crippen molar-refractivity contribution in [1.82, 2.24) is 14.9 Å². The Labute approximate surface area is 145 Å². The fraction of sp³-hybridized carbons (Fsp3) is 0.444. The van der Waals surface area contributed by atoms with Gasteiger partial charge in [0.05, 0.1) is 23.9 Å². The highest BCUT2D eigenvalue weighted by Gasteiger charge is 2.66. The molecule has 1 heterocycles. The van der Waals surface area contributed by atoms with Crippen LogP contribution in [0.3, 0.4) is 0 Å². The molecule has 6 heteroatoms. The lowest BCUT2D eigenvalue weighted by Gasteiger charge is -2.21. The molecule has 128 valence electrons. The van der Waals surface area contributed by atoms with Gasteiger partial charge in [-0.25, -0.2) is 9.37 Å². The number of rotatable bonds is 5. The predicted octanol–water partition coefficient (Wildman–Crippen LogP) is 3.27.